The van der Waals surface area contributed by atoms with Gasteiger partial charge in [0.2, 0.25) is 0 Å². The Bertz CT molecular complexity index is 418. The van der Waals surface area contributed by atoms with Gasteiger partial charge < -0.3 is 4.74 Å². The summed E-state index contributed by atoms with van der Waals surface area (Å²) in [6, 6.07) is 0. The van der Waals surface area contributed by atoms with Crippen molar-refractivity contribution < 1.29 is 9.53 Å². The van der Waals surface area contributed by atoms with Crippen LogP contribution in [0, 0.1) is 11.8 Å². The van der Waals surface area contributed by atoms with Gasteiger partial charge in [-0.2, -0.15) is 5.10 Å². The van der Waals surface area contributed by atoms with Crippen molar-refractivity contribution in [2.45, 2.75) is 52.5 Å². The van der Waals surface area contributed by atoms with Crippen molar-refractivity contribution in [3.63, 3.8) is 0 Å². The molecular formula is C15H24N2O2. The van der Waals surface area contributed by atoms with Gasteiger partial charge in [-0.1, -0.05) is 26.2 Å². The Morgan fingerprint density at radius 2 is 2.26 bits per heavy atom. The van der Waals surface area contributed by atoms with Gasteiger partial charge in [0.25, 0.3) is 0 Å². The monoisotopic (exact) mass is 264 g/mol. The molecular weight excluding hydrogens is 240 g/mol. The third-order valence-corrected chi connectivity index (χ3v) is 4.29. The van der Waals surface area contributed by atoms with E-state index in [9.17, 15) is 4.79 Å². The summed E-state index contributed by atoms with van der Waals surface area (Å²) in [5.74, 6) is 1.68. The van der Waals surface area contributed by atoms with Crippen molar-refractivity contribution in [2.75, 3.05) is 7.11 Å². The molecule has 0 saturated heterocycles. The smallest absolute Gasteiger partial charge is 0.187 e. The first-order valence-electron chi connectivity index (χ1n) is 7.35. The minimum absolute atomic E-state index is 0.148. The second-order valence-corrected chi connectivity index (χ2v) is 5.38. The van der Waals surface area contributed by atoms with Crippen molar-refractivity contribution in [2.24, 2.45) is 11.8 Å². The molecule has 0 aliphatic heterocycles. The number of ether oxygens (including phenoxy) is 1. The fourth-order valence-electron chi connectivity index (χ4n) is 3.10. The van der Waals surface area contributed by atoms with Crippen molar-refractivity contribution in [1.82, 2.24) is 9.78 Å². The number of carbonyl (C=O) groups excluding carboxylic acids is 1. The molecule has 1 heterocycles. The molecule has 19 heavy (non-hydrogen) atoms. The summed E-state index contributed by atoms with van der Waals surface area (Å²) in [5.41, 5.74) is 0.659. The number of aromatic nitrogens is 2. The van der Waals surface area contributed by atoms with Crippen LogP contribution in [0.3, 0.4) is 0 Å². The number of ketones is 1. The third-order valence-electron chi connectivity index (χ3n) is 4.29. The number of nitrogens with zero attached hydrogens (tertiary/aromatic N) is 2. The molecule has 2 atom stereocenters. The summed E-state index contributed by atoms with van der Waals surface area (Å²) in [7, 11) is 1.60. The Morgan fingerprint density at radius 1 is 1.47 bits per heavy atom. The quantitative estimate of drug-likeness (QED) is 0.766. The molecule has 106 valence electrons. The Morgan fingerprint density at radius 3 is 2.89 bits per heavy atom. The minimum Gasteiger partial charge on any atom is -0.493 e. The zero-order valence-electron chi connectivity index (χ0n) is 12.2. The summed E-state index contributed by atoms with van der Waals surface area (Å²) >= 11 is 0. The highest BCUT2D eigenvalue weighted by Gasteiger charge is 2.31. The molecule has 2 rings (SSSR count). The maximum absolute atomic E-state index is 12.7. The summed E-state index contributed by atoms with van der Waals surface area (Å²) < 4.78 is 7.05. The summed E-state index contributed by atoms with van der Waals surface area (Å²) in [5, 5.41) is 4.23. The number of Topliss-reactive ketones (excluding diaryl/α,β-unsaturated/α-hetero) is 1. The molecule has 1 aromatic rings. The van der Waals surface area contributed by atoms with E-state index in [-0.39, 0.29) is 11.7 Å². The van der Waals surface area contributed by atoms with Crippen LogP contribution < -0.4 is 4.74 Å². The molecule has 0 N–H and O–H groups in total. The van der Waals surface area contributed by atoms with Crippen LogP contribution in [-0.4, -0.2) is 22.7 Å². The standard InChI is InChI=1S/C15H24N2O2/c1-4-11-7-6-8-12(9-11)15(18)14-13(19-3)10-16-17(14)5-2/h10-12H,4-9H2,1-3H3. The molecule has 0 aromatic carbocycles. The Hall–Kier alpha value is -1.32. The van der Waals surface area contributed by atoms with Gasteiger partial charge in [0, 0.05) is 12.5 Å². The van der Waals surface area contributed by atoms with E-state index in [1.165, 1.54) is 12.8 Å². The molecule has 1 fully saturated rings. The van der Waals surface area contributed by atoms with E-state index in [4.69, 9.17) is 4.74 Å². The number of rotatable bonds is 5. The van der Waals surface area contributed by atoms with E-state index < -0.39 is 0 Å². The van der Waals surface area contributed by atoms with E-state index in [0.717, 1.165) is 19.3 Å². The van der Waals surface area contributed by atoms with Crippen molar-refractivity contribution >= 4 is 5.78 Å². The molecule has 0 amide bonds. The van der Waals surface area contributed by atoms with E-state index in [1.54, 1.807) is 18.0 Å². The van der Waals surface area contributed by atoms with Crippen LogP contribution in [0.4, 0.5) is 0 Å². The Kier molecular flexibility index (Phi) is 4.61. The predicted octanol–water partition coefficient (Wildman–Crippen LogP) is 3.31. The van der Waals surface area contributed by atoms with Crippen molar-refractivity contribution in [3.05, 3.63) is 11.9 Å². The second-order valence-electron chi connectivity index (χ2n) is 5.38. The molecule has 1 aromatic heterocycles. The van der Waals surface area contributed by atoms with Crippen LogP contribution >= 0.6 is 0 Å². The summed E-state index contributed by atoms with van der Waals surface area (Å²) in [6.07, 6.45) is 7.29. The lowest BCUT2D eigenvalue weighted by Gasteiger charge is -2.27. The SMILES string of the molecule is CCC1CCCC(C(=O)c2c(OC)cnn2CC)C1. The van der Waals surface area contributed by atoms with Gasteiger partial charge in [-0.15, -0.1) is 0 Å². The normalized spacial score (nSPS) is 23.3. The highest BCUT2D eigenvalue weighted by molar-refractivity contribution is 5.98. The number of hydrogen-bond acceptors (Lipinski definition) is 3. The van der Waals surface area contributed by atoms with Crippen LogP contribution in [-0.2, 0) is 6.54 Å². The molecule has 4 nitrogen and oxygen atoms in total. The van der Waals surface area contributed by atoms with Gasteiger partial charge in [-0.3, -0.25) is 9.48 Å². The van der Waals surface area contributed by atoms with Crippen molar-refractivity contribution in [1.29, 1.82) is 0 Å². The van der Waals surface area contributed by atoms with Crippen LogP contribution in [0.5, 0.6) is 5.75 Å². The molecule has 1 saturated carbocycles. The topological polar surface area (TPSA) is 44.1 Å². The first-order chi connectivity index (χ1) is 9.21. The number of hydrogen-bond donors (Lipinski definition) is 0. The highest BCUT2D eigenvalue weighted by atomic mass is 16.5. The largest absolute Gasteiger partial charge is 0.493 e. The van der Waals surface area contributed by atoms with Gasteiger partial charge in [-0.05, 0) is 25.7 Å². The lowest BCUT2D eigenvalue weighted by Crippen LogP contribution is -2.25. The fourth-order valence-corrected chi connectivity index (χ4v) is 3.10. The maximum Gasteiger partial charge on any atom is 0.187 e. The zero-order chi connectivity index (χ0) is 13.8. The van der Waals surface area contributed by atoms with Crippen LogP contribution in [0.15, 0.2) is 6.20 Å². The number of carbonyl (C=O) groups is 1. The molecule has 1 aliphatic rings. The lowest BCUT2D eigenvalue weighted by atomic mass is 9.77. The van der Waals surface area contributed by atoms with Crippen LogP contribution in [0.25, 0.3) is 0 Å². The number of aryl methyl sites for hydroxylation is 1. The van der Waals surface area contributed by atoms with Gasteiger partial charge in [0.05, 0.1) is 13.3 Å². The fraction of sp³-hybridized carbons (Fsp3) is 0.733. The second kappa shape index (κ2) is 6.22. The lowest BCUT2D eigenvalue weighted by molar-refractivity contribution is 0.0847. The number of methoxy groups -OCH3 is 1. The van der Waals surface area contributed by atoms with Crippen LogP contribution in [0.2, 0.25) is 0 Å². The van der Waals surface area contributed by atoms with Gasteiger partial charge >= 0.3 is 0 Å². The molecule has 2 unspecified atom stereocenters. The van der Waals surface area contributed by atoms with Gasteiger partial charge in [-0.25, -0.2) is 0 Å². The molecule has 0 radical (unpaired) electrons. The van der Waals surface area contributed by atoms with Gasteiger partial charge in [0.15, 0.2) is 11.5 Å². The maximum atomic E-state index is 12.7. The molecule has 1 aliphatic carbocycles. The first kappa shape index (κ1) is 14.1. The summed E-state index contributed by atoms with van der Waals surface area (Å²) in [4.78, 5) is 12.7. The summed E-state index contributed by atoms with van der Waals surface area (Å²) in [6.45, 7) is 4.92. The molecule has 4 heteroatoms. The average Bonchev–Trinajstić information content (AvgIpc) is 2.89. The van der Waals surface area contributed by atoms with E-state index in [1.807, 2.05) is 6.92 Å². The van der Waals surface area contributed by atoms with E-state index in [0.29, 0.717) is 23.9 Å². The average molecular weight is 264 g/mol. The Labute approximate surface area is 115 Å². The zero-order valence-corrected chi connectivity index (χ0v) is 12.2. The predicted molar refractivity (Wildman–Crippen MR) is 74.5 cm³/mol. The molecule has 0 bridgehead atoms. The molecule has 0 spiro atoms. The van der Waals surface area contributed by atoms with E-state index in [2.05, 4.69) is 12.0 Å². The highest BCUT2D eigenvalue weighted by Crippen LogP contribution is 2.34. The van der Waals surface area contributed by atoms with Gasteiger partial charge in [0.1, 0.15) is 5.69 Å². The Balaban J connectivity index is 2.21. The van der Waals surface area contributed by atoms with Crippen LogP contribution in [0.1, 0.15) is 56.4 Å². The minimum atomic E-state index is 0.148. The first-order valence-corrected chi connectivity index (χ1v) is 7.35. The van der Waals surface area contributed by atoms with Crippen molar-refractivity contribution in [3.8, 4) is 5.75 Å². The van der Waals surface area contributed by atoms with E-state index >= 15 is 0 Å². The third kappa shape index (κ3) is 2.82.